The van der Waals surface area contributed by atoms with Crippen molar-refractivity contribution < 1.29 is 26.3 Å². The number of rotatable bonds is 5. The van der Waals surface area contributed by atoms with Gasteiger partial charge in [0.05, 0.1) is 17.8 Å². The molecule has 0 atom stereocenters. The fourth-order valence-corrected chi connectivity index (χ4v) is 4.88. The average molecular weight is 578 g/mol. The number of pyridine rings is 1. The van der Waals surface area contributed by atoms with E-state index in [2.05, 4.69) is 15.1 Å². The number of imidazole rings is 1. The Kier molecular flexibility index (Phi) is 9.29. The molecule has 0 bridgehead atoms. The molecule has 3 heterocycles. The van der Waals surface area contributed by atoms with Gasteiger partial charge in [-0.3, -0.25) is 9.78 Å². The van der Waals surface area contributed by atoms with Gasteiger partial charge in [-0.2, -0.15) is 18.3 Å². The van der Waals surface area contributed by atoms with Gasteiger partial charge in [-0.05, 0) is 61.6 Å². The quantitative estimate of drug-likeness (QED) is 0.235. The normalized spacial score (nSPS) is 14.2. The van der Waals surface area contributed by atoms with E-state index in [0.29, 0.717) is 5.56 Å². The van der Waals surface area contributed by atoms with Crippen LogP contribution in [0.3, 0.4) is 0 Å². The van der Waals surface area contributed by atoms with Crippen LogP contribution in [0.2, 0.25) is 0 Å². The van der Waals surface area contributed by atoms with Crippen molar-refractivity contribution in [2.45, 2.75) is 64.1 Å². The molecule has 12 heteroatoms. The van der Waals surface area contributed by atoms with Crippen molar-refractivity contribution in [1.82, 2.24) is 24.3 Å². The molecular weight excluding hydrogens is 548 g/mol. The molecule has 0 saturated heterocycles. The Morgan fingerprint density at radius 1 is 1.02 bits per heavy atom. The molecule has 0 amide bonds. The molecule has 1 fully saturated rings. The Morgan fingerprint density at radius 3 is 2.34 bits per heavy atom. The molecule has 1 aliphatic carbocycles. The third-order valence-corrected chi connectivity index (χ3v) is 6.89. The first-order chi connectivity index (χ1) is 19.4. The molecule has 5 rings (SSSR count). The highest BCUT2D eigenvalue weighted by Crippen LogP contribution is 2.33. The summed E-state index contributed by atoms with van der Waals surface area (Å²) in [5.41, 5.74) is -0.160. The lowest BCUT2D eigenvalue weighted by atomic mass is 9.84. The first-order valence-corrected chi connectivity index (χ1v) is 13.1. The summed E-state index contributed by atoms with van der Waals surface area (Å²) in [6.07, 6.45) is -0.441. The molecule has 0 N–H and O–H groups in total. The topological polar surface area (TPSA) is 65.6 Å². The van der Waals surface area contributed by atoms with E-state index in [1.807, 2.05) is 13.0 Å². The Balaban J connectivity index is 0.000000417. The van der Waals surface area contributed by atoms with Gasteiger partial charge >= 0.3 is 6.18 Å². The second kappa shape index (κ2) is 12.7. The Morgan fingerprint density at radius 2 is 1.76 bits per heavy atom. The molecule has 0 radical (unpaired) electrons. The van der Waals surface area contributed by atoms with Gasteiger partial charge in [-0.1, -0.05) is 31.4 Å². The maximum Gasteiger partial charge on any atom is 0.418 e. The first-order valence-electron chi connectivity index (χ1n) is 13.1. The summed E-state index contributed by atoms with van der Waals surface area (Å²) in [5, 5.41) is 4.21. The van der Waals surface area contributed by atoms with Crippen LogP contribution < -0.4 is 5.56 Å². The molecule has 0 unspecified atom stereocenters. The van der Waals surface area contributed by atoms with Crippen molar-refractivity contribution in [2.24, 2.45) is 7.05 Å². The monoisotopic (exact) mass is 577 g/mol. The van der Waals surface area contributed by atoms with E-state index in [1.165, 1.54) is 43.7 Å². The molecule has 1 aromatic carbocycles. The van der Waals surface area contributed by atoms with Gasteiger partial charge in [0.25, 0.3) is 12.0 Å². The highest BCUT2D eigenvalue weighted by Gasteiger charge is 2.34. The van der Waals surface area contributed by atoms with E-state index in [-0.39, 0.29) is 28.8 Å². The van der Waals surface area contributed by atoms with E-state index in [1.54, 1.807) is 6.07 Å². The molecule has 6 nitrogen and oxygen atoms in total. The van der Waals surface area contributed by atoms with Crippen LogP contribution in [0.25, 0.3) is 11.4 Å². The Hall–Kier alpha value is -3.96. The van der Waals surface area contributed by atoms with E-state index in [0.717, 1.165) is 53.0 Å². The number of aryl methyl sites for hydroxylation is 2. The fourth-order valence-electron chi connectivity index (χ4n) is 4.88. The minimum absolute atomic E-state index is 0.0802. The van der Waals surface area contributed by atoms with Crippen LogP contribution in [0.5, 0.6) is 0 Å². The minimum Gasteiger partial charge on any atom is -0.333 e. The number of aromatic nitrogens is 5. The molecule has 1 aliphatic rings. The maximum absolute atomic E-state index is 13.5. The van der Waals surface area contributed by atoms with E-state index in [9.17, 15) is 31.1 Å². The summed E-state index contributed by atoms with van der Waals surface area (Å²) >= 11 is 0. The summed E-state index contributed by atoms with van der Waals surface area (Å²) in [5.74, 6) is -0.707. The number of nitrogens with zero attached hydrogens (tertiary/aromatic N) is 5. The minimum atomic E-state index is -4.65. The third-order valence-electron chi connectivity index (χ3n) is 6.89. The van der Waals surface area contributed by atoms with Crippen LogP contribution in [0.15, 0.2) is 59.7 Å². The molecule has 1 saturated carbocycles. The first kappa shape index (κ1) is 30.0. The van der Waals surface area contributed by atoms with Crippen LogP contribution in [0, 0.1) is 12.7 Å². The fraction of sp³-hybridized carbons (Fsp3) is 0.379. The van der Waals surface area contributed by atoms with Crippen molar-refractivity contribution in [3.05, 3.63) is 99.2 Å². The standard InChI is InChI=1S/C22H22F5N5O.C7H7F/c1-31-11-18(29-20(31)19(23)24)16-10-14(13-6-3-2-4-7-13)21(33)32(30-16)12-17-15(22(25,26)27)8-5-9-28-17;1-6-3-2-4-7(8)5-6/h5,8-11,13,19H,2-4,6-7,12H2,1H3;2-5H,1H3. The van der Waals surface area contributed by atoms with Gasteiger partial charge in [0.1, 0.15) is 17.2 Å². The lowest BCUT2D eigenvalue weighted by Gasteiger charge is -2.22. The van der Waals surface area contributed by atoms with Gasteiger partial charge in [0.2, 0.25) is 0 Å². The zero-order valence-corrected chi connectivity index (χ0v) is 22.5. The number of alkyl halides is 5. The lowest BCUT2D eigenvalue weighted by molar-refractivity contribution is -0.138. The average Bonchev–Trinajstić information content (AvgIpc) is 3.32. The van der Waals surface area contributed by atoms with Crippen LogP contribution in [-0.4, -0.2) is 24.3 Å². The van der Waals surface area contributed by atoms with Gasteiger partial charge in [-0.25, -0.2) is 22.8 Å². The predicted molar refractivity (Wildman–Crippen MR) is 141 cm³/mol. The molecule has 0 aliphatic heterocycles. The highest BCUT2D eigenvalue weighted by atomic mass is 19.4. The molecule has 218 valence electrons. The van der Waals surface area contributed by atoms with E-state index >= 15 is 0 Å². The SMILES string of the molecule is Cc1cccc(F)c1.Cn1cc(-c2cc(C3CCCCC3)c(=O)n(Cc3ncccc3C(F)(F)F)n2)nc1C(F)F. The second-order valence-electron chi connectivity index (χ2n) is 9.97. The highest BCUT2D eigenvalue weighted by molar-refractivity contribution is 5.54. The van der Waals surface area contributed by atoms with Crippen LogP contribution in [0.4, 0.5) is 26.3 Å². The van der Waals surface area contributed by atoms with Crippen LogP contribution in [-0.2, 0) is 19.8 Å². The van der Waals surface area contributed by atoms with E-state index in [4.69, 9.17) is 0 Å². The number of hydrogen-bond donors (Lipinski definition) is 0. The van der Waals surface area contributed by atoms with E-state index < -0.39 is 36.1 Å². The Bertz CT molecular complexity index is 1520. The molecular formula is C29H29F6N5O. The van der Waals surface area contributed by atoms with Gasteiger partial charge < -0.3 is 4.57 Å². The summed E-state index contributed by atoms with van der Waals surface area (Å²) in [4.78, 5) is 21.0. The lowest BCUT2D eigenvalue weighted by Crippen LogP contribution is -2.30. The molecule has 0 spiro atoms. The Labute approximate surface area is 232 Å². The van der Waals surface area contributed by atoms with Crippen LogP contribution >= 0.6 is 0 Å². The van der Waals surface area contributed by atoms with Crippen molar-refractivity contribution in [3.8, 4) is 11.4 Å². The summed E-state index contributed by atoms with van der Waals surface area (Å²) in [6.45, 7) is 1.36. The van der Waals surface area contributed by atoms with Gasteiger partial charge in [0, 0.05) is 25.0 Å². The summed E-state index contributed by atoms with van der Waals surface area (Å²) in [6, 6.07) is 10.1. The van der Waals surface area contributed by atoms with Crippen molar-refractivity contribution in [2.75, 3.05) is 0 Å². The molecule has 4 aromatic rings. The zero-order valence-electron chi connectivity index (χ0n) is 22.5. The van der Waals surface area contributed by atoms with Gasteiger partial charge in [-0.15, -0.1) is 0 Å². The van der Waals surface area contributed by atoms with Gasteiger partial charge in [0.15, 0.2) is 5.82 Å². The van der Waals surface area contributed by atoms with Crippen molar-refractivity contribution in [1.29, 1.82) is 0 Å². The van der Waals surface area contributed by atoms with Crippen molar-refractivity contribution >= 4 is 0 Å². The maximum atomic E-state index is 13.5. The smallest absolute Gasteiger partial charge is 0.333 e. The largest absolute Gasteiger partial charge is 0.418 e. The molecule has 41 heavy (non-hydrogen) atoms. The number of benzene rings is 1. The number of hydrogen-bond acceptors (Lipinski definition) is 4. The zero-order chi connectivity index (χ0) is 29.7. The molecule has 3 aromatic heterocycles. The summed E-state index contributed by atoms with van der Waals surface area (Å²) < 4.78 is 81.1. The second-order valence-corrected chi connectivity index (χ2v) is 9.97. The number of halogens is 6. The van der Waals surface area contributed by atoms with Crippen molar-refractivity contribution in [3.63, 3.8) is 0 Å². The van der Waals surface area contributed by atoms with Crippen LogP contribution in [0.1, 0.15) is 72.7 Å². The third kappa shape index (κ3) is 7.42. The summed E-state index contributed by atoms with van der Waals surface area (Å²) in [7, 11) is 1.42. The predicted octanol–water partition coefficient (Wildman–Crippen LogP) is 7.23.